The first-order valence-electron chi connectivity index (χ1n) is 10.3. The van der Waals surface area contributed by atoms with Gasteiger partial charge < -0.3 is 9.47 Å². The van der Waals surface area contributed by atoms with Crippen LogP contribution in [-0.2, 0) is 12.8 Å². The number of hydrogen-bond acceptors (Lipinski definition) is 3. The molecule has 4 aromatic rings. The predicted molar refractivity (Wildman–Crippen MR) is 129 cm³/mol. The second-order valence-electron chi connectivity index (χ2n) is 7.37. The van der Waals surface area contributed by atoms with Crippen molar-refractivity contribution in [2.45, 2.75) is 22.6 Å². The molecule has 0 aliphatic carbocycles. The minimum absolute atomic E-state index is 0.866. The molecule has 3 heteroatoms. The van der Waals surface area contributed by atoms with Crippen LogP contribution in [-0.4, -0.2) is 14.2 Å². The lowest BCUT2D eigenvalue weighted by atomic mass is 10.0. The number of benzene rings is 4. The van der Waals surface area contributed by atoms with E-state index in [-0.39, 0.29) is 0 Å². The summed E-state index contributed by atoms with van der Waals surface area (Å²) in [6.07, 6.45) is 1.73. The van der Waals surface area contributed by atoms with Gasteiger partial charge in [-0.15, -0.1) is 0 Å². The Morgan fingerprint density at radius 1 is 0.548 bits per heavy atom. The minimum atomic E-state index is 0.866. The summed E-state index contributed by atoms with van der Waals surface area (Å²) in [7, 11) is 3.44. The van der Waals surface area contributed by atoms with E-state index >= 15 is 0 Å². The topological polar surface area (TPSA) is 18.5 Å². The lowest BCUT2D eigenvalue weighted by molar-refractivity contribution is 0.414. The van der Waals surface area contributed by atoms with Gasteiger partial charge in [-0.25, -0.2) is 0 Å². The molecule has 0 spiro atoms. The molecule has 0 aliphatic heterocycles. The third kappa shape index (κ3) is 5.50. The van der Waals surface area contributed by atoms with Gasteiger partial charge in [0.1, 0.15) is 11.5 Å². The van der Waals surface area contributed by atoms with Gasteiger partial charge in [-0.3, -0.25) is 0 Å². The third-order valence-corrected chi connectivity index (χ3v) is 6.47. The Labute approximate surface area is 188 Å². The van der Waals surface area contributed by atoms with Crippen molar-refractivity contribution in [2.24, 2.45) is 0 Å². The summed E-state index contributed by atoms with van der Waals surface area (Å²) in [4.78, 5) is 2.48. The molecule has 0 saturated carbocycles. The molecule has 0 unspecified atom stereocenters. The van der Waals surface area contributed by atoms with Crippen LogP contribution in [0.3, 0.4) is 0 Å². The zero-order valence-electron chi connectivity index (χ0n) is 17.9. The fourth-order valence-electron chi connectivity index (χ4n) is 3.59. The van der Waals surface area contributed by atoms with Crippen LogP contribution in [0.4, 0.5) is 0 Å². The van der Waals surface area contributed by atoms with E-state index in [1.807, 2.05) is 12.1 Å². The summed E-state index contributed by atoms with van der Waals surface area (Å²) in [6, 6.07) is 33.8. The highest BCUT2D eigenvalue weighted by molar-refractivity contribution is 7.99. The second kappa shape index (κ2) is 10.2. The van der Waals surface area contributed by atoms with Crippen LogP contribution in [0.5, 0.6) is 11.5 Å². The molecule has 0 fully saturated rings. The van der Waals surface area contributed by atoms with Gasteiger partial charge in [0.25, 0.3) is 0 Å². The summed E-state index contributed by atoms with van der Waals surface area (Å²) in [6.45, 7) is 0. The van der Waals surface area contributed by atoms with Crippen molar-refractivity contribution < 1.29 is 9.47 Å². The van der Waals surface area contributed by atoms with E-state index in [9.17, 15) is 0 Å². The van der Waals surface area contributed by atoms with Crippen molar-refractivity contribution >= 4 is 11.8 Å². The largest absolute Gasteiger partial charge is 0.497 e. The van der Waals surface area contributed by atoms with Crippen molar-refractivity contribution in [3.8, 4) is 11.5 Å². The van der Waals surface area contributed by atoms with Gasteiger partial charge in [0, 0.05) is 9.79 Å². The molecule has 156 valence electrons. The van der Waals surface area contributed by atoms with Gasteiger partial charge in [0.05, 0.1) is 14.2 Å². The van der Waals surface area contributed by atoms with Gasteiger partial charge in [-0.05, 0) is 71.5 Å². The zero-order chi connectivity index (χ0) is 21.5. The molecule has 0 aliphatic rings. The van der Waals surface area contributed by atoms with Crippen LogP contribution in [0.25, 0.3) is 0 Å². The Hall–Kier alpha value is -3.17. The second-order valence-corrected chi connectivity index (χ2v) is 8.46. The monoisotopic (exact) mass is 426 g/mol. The summed E-state index contributed by atoms with van der Waals surface area (Å²) in [5.41, 5.74) is 5.10. The van der Waals surface area contributed by atoms with Crippen molar-refractivity contribution in [1.82, 2.24) is 0 Å². The molecule has 0 heterocycles. The molecule has 0 amide bonds. The Kier molecular flexibility index (Phi) is 6.96. The van der Waals surface area contributed by atoms with E-state index in [1.54, 1.807) is 26.0 Å². The van der Waals surface area contributed by atoms with Crippen molar-refractivity contribution in [2.75, 3.05) is 14.2 Å². The lowest BCUT2D eigenvalue weighted by Gasteiger charge is -2.15. The highest BCUT2D eigenvalue weighted by Crippen LogP contribution is 2.37. The van der Waals surface area contributed by atoms with Crippen molar-refractivity contribution in [3.05, 3.63) is 119 Å². The van der Waals surface area contributed by atoms with Gasteiger partial charge in [-0.1, -0.05) is 72.4 Å². The predicted octanol–water partition coefficient (Wildman–Crippen LogP) is 7.04. The molecule has 0 saturated heterocycles. The van der Waals surface area contributed by atoms with E-state index < -0.39 is 0 Å². The van der Waals surface area contributed by atoms with E-state index in [1.165, 1.54) is 32.0 Å². The fraction of sp³-hybridized carbons (Fsp3) is 0.143. The van der Waals surface area contributed by atoms with Crippen molar-refractivity contribution in [1.29, 1.82) is 0 Å². The van der Waals surface area contributed by atoms with Gasteiger partial charge in [0.15, 0.2) is 0 Å². The first-order valence-corrected chi connectivity index (χ1v) is 11.2. The molecular formula is C28H26O2S. The van der Waals surface area contributed by atoms with Gasteiger partial charge >= 0.3 is 0 Å². The zero-order valence-corrected chi connectivity index (χ0v) is 18.7. The maximum atomic E-state index is 5.50. The van der Waals surface area contributed by atoms with Crippen LogP contribution < -0.4 is 9.47 Å². The van der Waals surface area contributed by atoms with Crippen LogP contribution in [0.2, 0.25) is 0 Å². The highest BCUT2D eigenvalue weighted by Gasteiger charge is 2.12. The summed E-state index contributed by atoms with van der Waals surface area (Å²) in [5.74, 6) is 1.77. The molecule has 2 nitrogen and oxygen atoms in total. The molecule has 4 aromatic carbocycles. The van der Waals surface area contributed by atoms with Gasteiger partial charge in [-0.2, -0.15) is 0 Å². The Bertz CT molecular complexity index is 1030. The smallest absolute Gasteiger partial charge is 0.119 e. The first kappa shape index (κ1) is 21.1. The Balaban J connectivity index is 1.68. The molecule has 0 bridgehead atoms. The lowest BCUT2D eigenvalue weighted by Crippen LogP contribution is -1.96. The van der Waals surface area contributed by atoms with Crippen LogP contribution in [0, 0.1) is 0 Å². The summed E-state index contributed by atoms with van der Waals surface area (Å²) < 4.78 is 11.0. The normalized spacial score (nSPS) is 10.6. The Morgan fingerprint density at radius 2 is 0.968 bits per heavy atom. The standard InChI is InChI=1S/C28H26O2S/c1-29-25-13-15-27(23(19-25)17-21-9-5-3-6-10-21)31-28-16-14-26(30-2)20-24(28)18-22-11-7-4-8-12-22/h3-16,19-20H,17-18H2,1-2H3. The Morgan fingerprint density at radius 3 is 1.35 bits per heavy atom. The number of methoxy groups -OCH3 is 2. The van der Waals surface area contributed by atoms with Crippen LogP contribution in [0.15, 0.2) is 107 Å². The summed E-state index contributed by atoms with van der Waals surface area (Å²) in [5, 5.41) is 0. The van der Waals surface area contributed by atoms with E-state index in [2.05, 4.69) is 84.9 Å². The van der Waals surface area contributed by atoms with Crippen LogP contribution >= 0.6 is 11.8 Å². The fourth-order valence-corrected chi connectivity index (χ4v) is 4.62. The number of ether oxygens (including phenoxy) is 2. The molecular weight excluding hydrogens is 400 g/mol. The van der Waals surface area contributed by atoms with Crippen molar-refractivity contribution in [3.63, 3.8) is 0 Å². The van der Waals surface area contributed by atoms with Gasteiger partial charge in [0.2, 0.25) is 0 Å². The maximum Gasteiger partial charge on any atom is 0.119 e. The quantitative estimate of drug-likeness (QED) is 0.301. The molecule has 0 N–H and O–H groups in total. The molecule has 0 atom stereocenters. The molecule has 4 rings (SSSR count). The first-order chi connectivity index (χ1) is 15.2. The maximum absolute atomic E-state index is 5.50. The minimum Gasteiger partial charge on any atom is -0.497 e. The highest BCUT2D eigenvalue weighted by atomic mass is 32.2. The van der Waals surface area contributed by atoms with E-state index in [0.717, 1.165) is 24.3 Å². The summed E-state index contributed by atoms with van der Waals surface area (Å²) >= 11 is 1.81. The number of hydrogen-bond donors (Lipinski definition) is 0. The van der Waals surface area contributed by atoms with E-state index in [0.29, 0.717) is 0 Å². The van der Waals surface area contributed by atoms with Crippen LogP contribution in [0.1, 0.15) is 22.3 Å². The molecule has 0 aromatic heterocycles. The average molecular weight is 427 g/mol. The third-order valence-electron chi connectivity index (χ3n) is 5.23. The average Bonchev–Trinajstić information content (AvgIpc) is 2.82. The van der Waals surface area contributed by atoms with E-state index in [4.69, 9.17) is 9.47 Å². The number of rotatable bonds is 8. The molecule has 31 heavy (non-hydrogen) atoms. The molecule has 0 radical (unpaired) electrons. The SMILES string of the molecule is COc1ccc(Sc2ccc(OC)cc2Cc2ccccc2)c(Cc2ccccc2)c1.